The third-order valence-corrected chi connectivity index (χ3v) is 8.38. The molecule has 1 heterocycles. The first-order valence-electron chi connectivity index (χ1n) is 12.0. The summed E-state index contributed by atoms with van der Waals surface area (Å²) in [6.45, 7) is 1.92. The molecule has 2 N–H and O–H groups in total. The molecular weight excluding hydrogens is 509 g/mol. The van der Waals surface area contributed by atoms with Crippen LogP contribution in [-0.4, -0.2) is 17.4 Å². The fourth-order valence-electron chi connectivity index (χ4n) is 4.94. The molecular formula is C29H27Cl2N3OS. The van der Waals surface area contributed by atoms with Crippen LogP contribution < -0.4 is 10.7 Å². The van der Waals surface area contributed by atoms with Crippen LogP contribution in [0.5, 0.6) is 0 Å². The van der Waals surface area contributed by atoms with Crippen LogP contribution in [0.2, 0.25) is 10.0 Å². The zero-order valence-corrected chi connectivity index (χ0v) is 22.2. The first kappa shape index (κ1) is 24.9. The minimum atomic E-state index is -0.116. The van der Waals surface area contributed by atoms with Crippen molar-refractivity contribution in [1.29, 1.82) is 0 Å². The lowest BCUT2D eigenvalue weighted by molar-refractivity contribution is -0.118. The Morgan fingerprint density at radius 1 is 1.08 bits per heavy atom. The van der Waals surface area contributed by atoms with Gasteiger partial charge in [0.05, 0.1) is 17.5 Å². The number of carbonyl (C=O) groups excluding carboxylic acids is 1. The molecule has 184 valence electrons. The number of allylic oxidation sites excluding steroid dienone is 2. The number of amides is 1. The summed E-state index contributed by atoms with van der Waals surface area (Å²) >= 11 is 14.0. The van der Waals surface area contributed by atoms with Gasteiger partial charge in [0.25, 0.3) is 0 Å². The number of fused-ring (bicyclic) bond motifs is 3. The van der Waals surface area contributed by atoms with E-state index in [1.807, 2.05) is 49.4 Å². The van der Waals surface area contributed by atoms with Crippen molar-refractivity contribution in [3.8, 4) is 0 Å². The third-order valence-electron chi connectivity index (χ3n) is 6.78. The molecule has 0 spiro atoms. The van der Waals surface area contributed by atoms with E-state index in [9.17, 15) is 4.79 Å². The van der Waals surface area contributed by atoms with Crippen molar-refractivity contribution in [2.24, 2.45) is 11.0 Å². The molecule has 0 saturated heterocycles. The fourth-order valence-corrected chi connectivity index (χ4v) is 6.10. The maximum atomic E-state index is 12.3. The Labute approximate surface area is 226 Å². The van der Waals surface area contributed by atoms with Gasteiger partial charge in [0.15, 0.2) is 0 Å². The molecule has 0 fully saturated rings. The van der Waals surface area contributed by atoms with Crippen molar-refractivity contribution in [2.75, 3.05) is 11.1 Å². The summed E-state index contributed by atoms with van der Waals surface area (Å²) in [6.07, 6.45) is 5.59. The summed E-state index contributed by atoms with van der Waals surface area (Å²) in [5, 5.41) is 9.62. The van der Waals surface area contributed by atoms with Crippen LogP contribution in [0.25, 0.3) is 0 Å². The molecule has 2 aliphatic rings. The molecule has 0 saturated carbocycles. The van der Waals surface area contributed by atoms with Gasteiger partial charge in [-0.05, 0) is 71.8 Å². The van der Waals surface area contributed by atoms with Gasteiger partial charge in [0.2, 0.25) is 5.91 Å². The van der Waals surface area contributed by atoms with Gasteiger partial charge < -0.3 is 5.32 Å². The zero-order chi connectivity index (χ0) is 25.1. The van der Waals surface area contributed by atoms with Gasteiger partial charge in [0.1, 0.15) is 0 Å². The van der Waals surface area contributed by atoms with Crippen molar-refractivity contribution >= 4 is 52.3 Å². The van der Waals surface area contributed by atoms with Crippen molar-refractivity contribution in [1.82, 2.24) is 5.43 Å². The summed E-state index contributed by atoms with van der Waals surface area (Å²) in [5.41, 5.74) is 9.13. The number of hydrogen-bond acceptors (Lipinski definition) is 4. The van der Waals surface area contributed by atoms with E-state index < -0.39 is 0 Å². The lowest BCUT2D eigenvalue weighted by Crippen LogP contribution is -2.29. The number of nitrogens with zero attached hydrogens (tertiary/aromatic N) is 1. The first-order chi connectivity index (χ1) is 17.5. The molecule has 4 nitrogen and oxygen atoms in total. The molecule has 0 aromatic heterocycles. The summed E-state index contributed by atoms with van der Waals surface area (Å²) in [7, 11) is 0. The number of rotatable bonds is 7. The van der Waals surface area contributed by atoms with E-state index in [0.29, 0.717) is 22.6 Å². The lowest BCUT2D eigenvalue weighted by atomic mass is 9.76. The van der Waals surface area contributed by atoms with Crippen LogP contribution in [0.4, 0.5) is 5.69 Å². The van der Waals surface area contributed by atoms with E-state index in [0.717, 1.165) is 45.3 Å². The van der Waals surface area contributed by atoms with Gasteiger partial charge in [-0.2, -0.15) is 5.10 Å². The number of thioether (sulfide) groups is 1. The van der Waals surface area contributed by atoms with E-state index in [1.165, 1.54) is 5.56 Å². The molecule has 0 radical (unpaired) electrons. The van der Waals surface area contributed by atoms with E-state index in [2.05, 4.69) is 52.3 Å². The van der Waals surface area contributed by atoms with Crippen molar-refractivity contribution in [3.63, 3.8) is 0 Å². The average molecular weight is 537 g/mol. The number of benzene rings is 3. The summed E-state index contributed by atoms with van der Waals surface area (Å²) in [5.74, 6) is 1.69. The molecule has 0 unspecified atom stereocenters. The van der Waals surface area contributed by atoms with Gasteiger partial charge in [-0.25, -0.2) is 5.43 Å². The third kappa shape index (κ3) is 5.49. The first-order valence-corrected chi connectivity index (χ1v) is 13.9. The lowest BCUT2D eigenvalue weighted by Gasteiger charge is -2.38. The molecule has 1 amide bonds. The van der Waals surface area contributed by atoms with E-state index in [1.54, 1.807) is 11.8 Å². The summed E-state index contributed by atoms with van der Waals surface area (Å²) in [6, 6.07) is 22.3. The van der Waals surface area contributed by atoms with Crippen molar-refractivity contribution in [2.45, 2.75) is 31.1 Å². The van der Waals surface area contributed by atoms with E-state index in [4.69, 9.17) is 23.2 Å². The Morgan fingerprint density at radius 2 is 1.89 bits per heavy atom. The predicted molar refractivity (Wildman–Crippen MR) is 152 cm³/mol. The maximum Gasteiger partial charge on any atom is 0.250 e. The Bertz CT molecular complexity index is 1320. The smallest absolute Gasteiger partial charge is 0.250 e. The standard InChI is InChI=1S/C29H27Cl2N3OS/c1-18(33-34-28(35)17-36-16-19-9-12-21(30)13-10-19)20-11-14-27-25(15-20)22-6-4-7-23(22)29(32-27)24-5-2-3-8-26(24)31/h2-6,8-15,22-23,29,32H,7,16-17H2,1H3,(H,34,35)/b33-18-/t22-,23+,29-/m1/s1. The monoisotopic (exact) mass is 535 g/mol. The SMILES string of the molecule is C/C(=N/NC(=O)CSCc1ccc(Cl)cc1)c1ccc2c(c1)[C@@H]1C=CC[C@@H]1[C@H](c1ccccc1Cl)N2. The zero-order valence-electron chi connectivity index (χ0n) is 19.9. The van der Waals surface area contributed by atoms with Gasteiger partial charge >= 0.3 is 0 Å². The molecule has 1 aliphatic heterocycles. The highest BCUT2D eigenvalue weighted by Gasteiger charge is 2.38. The number of hydrogen-bond donors (Lipinski definition) is 2. The van der Waals surface area contributed by atoms with Gasteiger partial charge in [-0.15, -0.1) is 11.8 Å². The van der Waals surface area contributed by atoms with Crippen LogP contribution in [0.15, 0.2) is 84.0 Å². The van der Waals surface area contributed by atoms with Crippen LogP contribution in [0.3, 0.4) is 0 Å². The Morgan fingerprint density at radius 3 is 2.69 bits per heavy atom. The van der Waals surface area contributed by atoms with Crippen molar-refractivity contribution in [3.05, 3.63) is 111 Å². The summed E-state index contributed by atoms with van der Waals surface area (Å²) in [4.78, 5) is 12.3. The molecule has 3 atom stereocenters. The Kier molecular flexibility index (Phi) is 7.70. The molecule has 1 aliphatic carbocycles. The predicted octanol–water partition coefficient (Wildman–Crippen LogP) is 7.59. The molecule has 3 aromatic carbocycles. The van der Waals surface area contributed by atoms with Gasteiger partial charge in [-0.1, -0.05) is 71.8 Å². The highest BCUT2D eigenvalue weighted by Crippen LogP contribution is 2.50. The molecule has 0 bridgehead atoms. The quantitative estimate of drug-likeness (QED) is 0.186. The number of anilines is 1. The maximum absolute atomic E-state index is 12.3. The topological polar surface area (TPSA) is 53.5 Å². The van der Waals surface area contributed by atoms with Crippen LogP contribution in [0, 0.1) is 5.92 Å². The fraction of sp³-hybridized carbons (Fsp3) is 0.241. The number of carbonyl (C=O) groups is 1. The second-order valence-corrected chi connectivity index (χ2v) is 11.0. The van der Waals surface area contributed by atoms with Crippen LogP contribution in [0.1, 0.15) is 47.6 Å². The number of halogens is 2. The molecule has 36 heavy (non-hydrogen) atoms. The van der Waals surface area contributed by atoms with Crippen molar-refractivity contribution < 1.29 is 4.79 Å². The number of hydrazone groups is 1. The highest BCUT2D eigenvalue weighted by molar-refractivity contribution is 7.99. The summed E-state index contributed by atoms with van der Waals surface area (Å²) < 4.78 is 0. The van der Waals surface area contributed by atoms with Crippen LogP contribution >= 0.6 is 35.0 Å². The second-order valence-electron chi connectivity index (χ2n) is 9.15. The van der Waals surface area contributed by atoms with E-state index >= 15 is 0 Å². The normalized spacial score (nSPS) is 20.4. The second kappa shape index (κ2) is 11.1. The minimum Gasteiger partial charge on any atom is -0.378 e. The Balaban J connectivity index is 1.25. The minimum absolute atomic E-state index is 0.116. The van der Waals surface area contributed by atoms with Gasteiger partial charge in [0, 0.05) is 27.4 Å². The Hall–Kier alpha value is -2.73. The molecule has 3 aromatic rings. The van der Waals surface area contributed by atoms with Crippen LogP contribution in [-0.2, 0) is 10.5 Å². The number of nitrogens with one attached hydrogen (secondary N) is 2. The molecule has 7 heteroatoms. The van der Waals surface area contributed by atoms with E-state index in [-0.39, 0.29) is 11.9 Å². The molecule has 5 rings (SSSR count). The average Bonchev–Trinajstić information content (AvgIpc) is 3.39. The largest absolute Gasteiger partial charge is 0.378 e. The highest BCUT2D eigenvalue weighted by atomic mass is 35.5. The van der Waals surface area contributed by atoms with Gasteiger partial charge in [-0.3, -0.25) is 4.79 Å².